The maximum absolute atomic E-state index is 13.8. The van der Waals surface area contributed by atoms with Crippen LogP contribution in [0.1, 0.15) is 30.9 Å². The molecular formula is C20H24ClFN2O2. The van der Waals surface area contributed by atoms with Crippen LogP contribution in [0.15, 0.2) is 54.6 Å². The SMILES string of the molecule is Cl.O=C(CC1CCCN1)NC(COc1ccccc1F)c1ccccc1. The second-order valence-corrected chi connectivity index (χ2v) is 6.27. The quantitative estimate of drug-likeness (QED) is 0.773. The fourth-order valence-corrected chi connectivity index (χ4v) is 3.05. The Morgan fingerprint density at radius 3 is 2.62 bits per heavy atom. The maximum Gasteiger partial charge on any atom is 0.222 e. The predicted octanol–water partition coefficient (Wildman–Crippen LogP) is 3.63. The summed E-state index contributed by atoms with van der Waals surface area (Å²) in [5.41, 5.74) is 0.937. The van der Waals surface area contributed by atoms with Crippen LogP contribution in [0.4, 0.5) is 4.39 Å². The molecule has 1 fully saturated rings. The van der Waals surface area contributed by atoms with Gasteiger partial charge in [-0.3, -0.25) is 4.79 Å². The van der Waals surface area contributed by atoms with Gasteiger partial charge in [0, 0.05) is 12.5 Å². The summed E-state index contributed by atoms with van der Waals surface area (Å²) in [6.07, 6.45) is 2.58. The third-order valence-electron chi connectivity index (χ3n) is 4.37. The third-order valence-corrected chi connectivity index (χ3v) is 4.37. The highest BCUT2D eigenvalue weighted by Gasteiger charge is 2.21. The molecule has 0 bridgehead atoms. The lowest BCUT2D eigenvalue weighted by molar-refractivity contribution is -0.122. The van der Waals surface area contributed by atoms with Gasteiger partial charge in [-0.25, -0.2) is 4.39 Å². The lowest BCUT2D eigenvalue weighted by Gasteiger charge is -2.21. The Labute approximate surface area is 159 Å². The first-order valence-electron chi connectivity index (χ1n) is 8.67. The highest BCUT2D eigenvalue weighted by Crippen LogP contribution is 2.20. The lowest BCUT2D eigenvalue weighted by atomic mass is 10.1. The molecule has 0 radical (unpaired) electrons. The molecule has 2 unspecified atom stereocenters. The van der Waals surface area contributed by atoms with Crippen LogP contribution in [0.2, 0.25) is 0 Å². The number of carbonyl (C=O) groups excluding carboxylic acids is 1. The number of rotatable bonds is 7. The second-order valence-electron chi connectivity index (χ2n) is 6.27. The molecule has 1 heterocycles. The van der Waals surface area contributed by atoms with Crippen molar-refractivity contribution in [1.82, 2.24) is 10.6 Å². The summed E-state index contributed by atoms with van der Waals surface area (Å²) in [4.78, 5) is 12.4. The first-order valence-corrected chi connectivity index (χ1v) is 8.67. The van der Waals surface area contributed by atoms with Gasteiger partial charge in [-0.1, -0.05) is 42.5 Å². The number of benzene rings is 2. The molecule has 4 nitrogen and oxygen atoms in total. The van der Waals surface area contributed by atoms with Gasteiger partial charge >= 0.3 is 0 Å². The molecule has 2 N–H and O–H groups in total. The Hall–Kier alpha value is -2.11. The van der Waals surface area contributed by atoms with E-state index in [0.717, 1.165) is 24.9 Å². The van der Waals surface area contributed by atoms with Crippen molar-refractivity contribution in [3.05, 3.63) is 66.0 Å². The average Bonchev–Trinajstić information content (AvgIpc) is 3.13. The number of para-hydroxylation sites is 1. The molecule has 2 aromatic rings. The van der Waals surface area contributed by atoms with Gasteiger partial charge < -0.3 is 15.4 Å². The van der Waals surface area contributed by atoms with Crippen LogP contribution < -0.4 is 15.4 Å². The molecule has 1 aliphatic heterocycles. The summed E-state index contributed by atoms with van der Waals surface area (Å²) < 4.78 is 19.4. The van der Waals surface area contributed by atoms with Crippen molar-refractivity contribution in [1.29, 1.82) is 0 Å². The number of halogens is 2. The van der Waals surface area contributed by atoms with Crippen molar-refractivity contribution >= 4 is 18.3 Å². The van der Waals surface area contributed by atoms with E-state index in [-0.39, 0.29) is 42.8 Å². The minimum atomic E-state index is -0.407. The van der Waals surface area contributed by atoms with Gasteiger partial charge in [0.25, 0.3) is 0 Å². The standard InChI is InChI=1S/C20H23FN2O2.ClH/c21-17-10-4-5-11-19(17)25-14-18(15-7-2-1-3-8-15)23-20(24)13-16-9-6-12-22-16;/h1-5,7-8,10-11,16,18,22H,6,9,12-14H2,(H,23,24);1H. The van der Waals surface area contributed by atoms with E-state index in [1.807, 2.05) is 30.3 Å². The second kappa shape index (κ2) is 10.1. The zero-order chi connectivity index (χ0) is 17.5. The van der Waals surface area contributed by atoms with E-state index < -0.39 is 5.82 Å². The molecular weight excluding hydrogens is 355 g/mol. The van der Waals surface area contributed by atoms with Crippen molar-refractivity contribution in [2.24, 2.45) is 0 Å². The summed E-state index contributed by atoms with van der Waals surface area (Å²) in [5.74, 6) is -0.240. The zero-order valence-corrected chi connectivity index (χ0v) is 15.3. The van der Waals surface area contributed by atoms with Crippen LogP contribution in [-0.2, 0) is 4.79 Å². The number of hydrogen-bond donors (Lipinski definition) is 2. The molecule has 2 aromatic carbocycles. The van der Waals surface area contributed by atoms with E-state index in [4.69, 9.17) is 4.74 Å². The molecule has 6 heteroatoms. The Morgan fingerprint density at radius 2 is 1.92 bits per heavy atom. The van der Waals surface area contributed by atoms with E-state index >= 15 is 0 Å². The molecule has 0 saturated carbocycles. The van der Waals surface area contributed by atoms with Crippen LogP contribution in [0.25, 0.3) is 0 Å². The average molecular weight is 379 g/mol. The van der Waals surface area contributed by atoms with Crippen LogP contribution in [0.3, 0.4) is 0 Å². The van der Waals surface area contributed by atoms with Crippen molar-refractivity contribution in [2.75, 3.05) is 13.2 Å². The summed E-state index contributed by atoms with van der Waals surface area (Å²) in [5, 5.41) is 6.35. The van der Waals surface area contributed by atoms with Crippen molar-refractivity contribution in [2.45, 2.75) is 31.3 Å². The van der Waals surface area contributed by atoms with E-state index in [9.17, 15) is 9.18 Å². The molecule has 0 spiro atoms. The molecule has 1 saturated heterocycles. The number of nitrogens with one attached hydrogen (secondary N) is 2. The monoisotopic (exact) mass is 378 g/mol. The molecule has 140 valence electrons. The summed E-state index contributed by atoms with van der Waals surface area (Å²) in [6, 6.07) is 15.8. The molecule has 0 aliphatic carbocycles. The van der Waals surface area contributed by atoms with Gasteiger partial charge in [-0.2, -0.15) is 0 Å². The molecule has 2 atom stereocenters. The smallest absolute Gasteiger partial charge is 0.222 e. The number of carbonyl (C=O) groups is 1. The first-order chi connectivity index (χ1) is 12.2. The van der Waals surface area contributed by atoms with Crippen LogP contribution in [-0.4, -0.2) is 25.1 Å². The highest BCUT2D eigenvalue weighted by atomic mass is 35.5. The Morgan fingerprint density at radius 1 is 1.19 bits per heavy atom. The van der Waals surface area contributed by atoms with Crippen LogP contribution in [0, 0.1) is 5.82 Å². The van der Waals surface area contributed by atoms with Gasteiger partial charge in [0.2, 0.25) is 5.91 Å². The van der Waals surface area contributed by atoms with Gasteiger partial charge in [-0.05, 0) is 37.1 Å². The van der Waals surface area contributed by atoms with Gasteiger partial charge in [0.1, 0.15) is 6.61 Å². The molecule has 1 amide bonds. The summed E-state index contributed by atoms with van der Waals surface area (Å²) in [6.45, 7) is 1.14. The minimum Gasteiger partial charge on any atom is -0.488 e. The number of ether oxygens (including phenoxy) is 1. The van der Waals surface area contributed by atoms with Gasteiger partial charge in [0.15, 0.2) is 11.6 Å². The summed E-state index contributed by atoms with van der Waals surface area (Å²) >= 11 is 0. The normalized spacial score (nSPS) is 17.2. The van der Waals surface area contributed by atoms with Crippen LogP contribution in [0.5, 0.6) is 5.75 Å². The molecule has 1 aliphatic rings. The number of amides is 1. The largest absolute Gasteiger partial charge is 0.488 e. The Kier molecular flexibility index (Phi) is 7.88. The van der Waals surface area contributed by atoms with Gasteiger partial charge in [-0.15, -0.1) is 12.4 Å². The van der Waals surface area contributed by atoms with E-state index in [0.29, 0.717) is 6.42 Å². The van der Waals surface area contributed by atoms with E-state index in [1.165, 1.54) is 6.07 Å². The number of hydrogen-bond acceptors (Lipinski definition) is 3. The summed E-state index contributed by atoms with van der Waals surface area (Å²) in [7, 11) is 0. The predicted molar refractivity (Wildman–Crippen MR) is 102 cm³/mol. The lowest BCUT2D eigenvalue weighted by Crippen LogP contribution is -2.36. The van der Waals surface area contributed by atoms with Crippen LogP contribution >= 0.6 is 12.4 Å². The molecule has 3 rings (SSSR count). The topological polar surface area (TPSA) is 50.4 Å². The molecule has 26 heavy (non-hydrogen) atoms. The fraction of sp³-hybridized carbons (Fsp3) is 0.350. The molecule has 0 aromatic heterocycles. The maximum atomic E-state index is 13.8. The van der Waals surface area contributed by atoms with Crippen molar-refractivity contribution < 1.29 is 13.9 Å². The first kappa shape index (κ1) is 20.2. The zero-order valence-electron chi connectivity index (χ0n) is 14.5. The van der Waals surface area contributed by atoms with E-state index in [2.05, 4.69) is 10.6 Å². The minimum absolute atomic E-state index is 0. The highest BCUT2D eigenvalue weighted by molar-refractivity contribution is 5.85. The Bertz CT molecular complexity index is 693. The fourth-order valence-electron chi connectivity index (χ4n) is 3.05. The third kappa shape index (κ3) is 5.71. The van der Waals surface area contributed by atoms with E-state index in [1.54, 1.807) is 18.2 Å². The van der Waals surface area contributed by atoms with Crippen molar-refractivity contribution in [3.63, 3.8) is 0 Å². The van der Waals surface area contributed by atoms with Gasteiger partial charge in [0.05, 0.1) is 6.04 Å². The van der Waals surface area contributed by atoms with Crippen molar-refractivity contribution in [3.8, 4) is 5.75 Å². The Balaban J connectivity index is 0.00000243.